The number of anilines is 1. The van der Waals surface area contributed by atoms with Crippen LogP contribution < -0.4 is 20.3 Å². The number of benzene rings is 3. The fraction of sp³-hybridized carbons (Fsp3) is 0.160. The van der Waals surface area contributed by atoms with Gasteiger partial charge >= 0.3 is 0 Å². The number of nitrogens with one attached hydrogen (secondary N) is 1. The molecular weight excluding hydrogens is 474 g/mol. The molecule has 7 nitrogen and oxygen atoms in total. The van der Waals surface area contributed by atoms with Crippen LogP contribution in [0, 0.1) is 6.92 Å². The molecule has 4 aromatic rings. The van der Waals surface area contributed by atoms with Crippen LogP contribution in [-0.4, -0.2) is 35.4 Å². The van der Waals surface area contributed by atoms with Gasteiger partial charge < -0.3 is 14.8 Å². The molecule has 0 aliphatic rings. The number of aromatic nitrogens is 2. The van der Waals surface area contributed by atoms with Crippen molar-refractivity contribution in [3.8, 4) is 17.2 Å². The summed E-state index contributed by atoms with van der Waals surface area (Å²) in [6.07, 6.45) is 0. The first-order valence-electron chi connectivity index (χ1n) is 10.3. The van der Waals surface area contributed by atoms with Gasteiger partial charge in [0.2, 0.25) is 5.91 Å². The van der Waals surface area contributed by atoms with Gasteiger partial charge in [-0.25, -0.2) is 4.98 Å². The number of hydrogen-bond donors (Lipinski definition) is 1. The molecule has 1 heterocycles. The molecule has 0 unspecified atom stereocenters. The van der Waals surface area contributed by atoms with E-state index in [-0.39, 0.29) is 17.2 Å². The first-order chi connectivity index (χ1) is 16.4. The molecule has 0 fully saturated rings. The van der Waals surface area contributed by atoms with E-state index in [0.29, 0.717) is 44.0 Å². The van der Waals surface area contributed by atoms with Gasteiger partial charge in [-0.2, -0.15) is 0 Å². The molecule has 1 N–H and O–H groups in total. The molecule has 1 amide bonds. The summed E-state index contributed by atoms with van der Waals surface area (Å²) in [5.74, 6) is 0.724. The third-order valence-corrected chi connectivity index (χ3v) is 6.50. The van der Waals surface area contributed by atoms with Gasteiger partial charge in [-0.1, -0.05) is 47.6 Å². The quantitative estimate of drug-likeness (QED) is 0.284. The van der Waals surface area contributed by atoms with E-state index >= 15 is 0 Å². The molecule has 0 bridgehead atoms. The van der Waals surface area contributed by atoms with Crippen molar-refractivity contribution in [2.24, 2.45) is 0 Å². The smallest absolute Gasteiger partial charge is 0.266 e. The fourth-order valence-corrected chi connectivity index (χ4v) is 4.44. The van der Waals surface area contributed by atoms with Gasteiger partial charge in [0, 0.05) is 11.1 Å². The Morgan fingerprint density at radius 1 is 1.06 bits per heavy atom. The van der Waals surface area contributed by atoms with E-state index in [1.165, 1.54) is 11.7 Å². The molecule has 0 spiro atoms. The van der Waals surface area contributed by atoms with E-state index in [9.17, 15) is 9.59 Å². The van der Waals surface area contributed by atoms with Gasteiger partial charge in [-0.05, 0) is 42.8 Å². The summed E-state index contributed by atoms with van der Waals surface area (Å²) in [6.45, 7) is 1.84. The molecular formula is C25H22ClN3O4S. The SMILES string of the molecule is COc1cc(Cl)c(C)cc1NC(=O)CSc1nc2ccccc2c(=O)n1-c1ccccc1OC. The minimum absolute atomic E-state index is 0.0186. The summed E-state index contributed by atoms with van der Waals surface area (Å²) in [6, 6.07) is 17.7. The lowest BCUT2D eigenvalue weighted by molar-refractivity contribution is -0.113. The molecule has 0 saturated heterocycles. The number of nitrogens with zero attached hydrogens (tertiary/aromatic N) is 2. The Morgan fingerprint density at radius 3 is 2.53 bits per heavy atom. The third-order valence-electron chi connectivity index (χ3n) is 5.16. The maximum Gasteiger partial charge on any atom is 0.266 e. The van der Waals surface area contributed by atoms with E-state index in [2.05, 4.69) is 10.3 Å². The molecule has 0 aliphatic carbocycles. The lowest BCUT2D eigenvalue weighted by Gasteiger charge is -2.16. The van der Waals surface area contributed by atoms with Gasteiger partial charge in [-0.15, -0.1) is 0 Å². The topological polar surface area (TPSA) is 82.5 Å². The zero-order valence-electron chi connectivity index (χ0n) is 18.8. The van der Waals surface area contributed by atoms with Crippen molar-refractivity contribution in [3.05, 3.63) is 81.6 Å². The van der Waals surface area contributed by atoms with Crippen molar-refractivity contribution in [1.82, 2.24) is 9.55 Å². The number of ether oxygens (including phenoxy) is 2. The number of hydrogen-bond acceptors (Lipinski definition) is 6. The average Bonchev–Trinajstić information content (AvgIpc) is 2.85. The van der Waals surface area contributed by atoms with E-state index in [4.69, 9.17) is 21.1 Å². The van der Waals surface area contributed by atoms with Crippen LogP contribution in [0.5, 0.6) is 11.5 Å². The van der Waals surface area contributed by atoms with Crippen molar-refractivity contribution in [3.63, 3.8) is 0 Å². The van der Waals surface area contributed by atoms with Crippen LogP contribution in [0.1, 0.15) is 5.56 Å². The number of carbonyl (C=O) groups is 1. The first-order valence-corrected chi connectivity index (χ1v) is 11.7. The normalized spacial score (nSPS) is 10.8. The summed E-state index contributed by atoms with van der Waals surface area (Å²) >= 11 is 7.31. The highest BCUT2D eigenvalue weighted by atomic mass is 35.5. The average molecular weight is 496 g/mol. The van der Waals surface area contributed by atoms with Crippen molar-refractivity contribution >= 4 is 45.9 Å². The Bertz CT molecular complexity index is 1440. The van der Waals surface area contributed by atoms with E-state index < -0.39 is 0 Å². The van der Waals surface area contributed by atoms with Gasteiger partial charge in [0.1, 0.15) is 11.5 Å². The Balaban J connectivity index is 1.69. The van der Waals surface area contributed by atoms with Crippen molar-refractivity contribution < 1.29 is 14.3 Å². The van der Waals surface area contributed by atoms with E-state index in [0.717, 1.165) is 17.3 Å². The van der Waals surface area contributed by atoms with Crippen molar-refractivity contribution in [2.75, 3.05) is 25.3 Å². The fourth-order valence-electron chi connectivity index (χ4n) is 3.48. The van der Waals surface area contributed by atoms with Crippen molar-refractivity contribution in [1.29, 1.82) is 0 Å². The van der Waals surface area contributed by atoms with Crippen LogP contribution in [-0.2, 0) is 4.79 Å². The molecule has 0 atom stereocenters. The lowest BCUT2D eigenvalue weighted by atomic mass is 10.2. The molecule has 1 aromatic heterocycles. The number of rotatable bonds is 7. The van der Waals surface area contributed by atoms with Crippen LogP contribution in [0.15, 0.2) is 70.6 Å². The van der Waals surface area contributed by atoms with Crippen LogP contribution in [0.2, 0.25) is 5.02 Å². The van der Waals surface area contributed by atoms with Gasteiger partial charge in [0.25, 0.3) is 5.56 Å². The summed E-state index contributed by atoms with van der Waals surface area (Å²) in [5.41, 5.74) is 2.19. The molecule has 0 saturated carbocycles. The summed E-state index contributed by atoms with van der Waals surface area (Å²) in [5, 5.41) is 4.25. The van der Waals surface area contributed by atoms with Gasteiger partial charge in [-0.3, -0.25) is 14.2 Å². The van der Waals surface area contributed by atoms with Crippen LogP contribution in [0.25, 0.3) is 16.6 Å². The Hall–Kier alpha value is -3.49. The highest BCUT2D eigenvalue weighted by Crippen LogP contribution is 2.32. The molecule has 9 heteroatoms. The number of thioether (sulfide) groups is 1. The van der Waals surface area contributed by atoms with Crippen LogP contribution >= 0.6 is 23.4 Å². The molecule has 3 aromatic carbocycles. The monoisotopic (exact) mass is 495 g/mol. The largest absolute Gasteiger partial charge is 0.495 e. The second-order valence-electron chi connectivity index (χ2n) is 7.36. The molecule has 0 aliphatic heterocycles. The van der Waals surface area contributed by atoms with Crippen LogP contribution in [0.4, 0.5) is 5.69 Å². The zero-order valence-corrected chi connectivity index (χ0v) is 20.4. The van der Waals surface area contributed by atoms with Gasteiger partial charge in [0.05, 0.1) is 42.3 Å². The summed E-state index contributed by atoms with van der Waals surface area (Å²) in [7, 11) is 3.05. The summed E-state index contributed by atoms with van der Waals surface area (Å²) in [4.78, 5) is 30.9. The maximum absolute atomic E-state index is 13.4. The van der Waals surface area contributed by atoms with Crippen LogP contribution in [0.3, 0.4) is 0 Å². The third kappa shape index (κ3) is 4.73. The first kappa shape index (κ1) is 23.7. The minimum Gasteiger partial charge on any atom is -0.495 e. The number of halogens is 1. The summed E-state index contributed by atoms with van der Waals surface area (Å²) < 4.78 is 12.3. The number of amides is 1. The Morgan fingerprint density at radius 2 is 1.76 bits per heavy atom. The highest BCUT2D eigenvalue weighted by molar-refractivity contribution is 7.99. The van der Waals surface area contributed by atoms with Gasteiger partial charge in [0.15, 0.2) is 5.16 Å². The zero-order chi connectivity index (χ0) is 24.2. The second-order valence-corrected chi connectivity index (χ2v) is 8.71. The number of methoxy groups -OCH3 is 2. The molecule has 0 radical (unpaired) electrons. The number of carbonyl (C=O) groups excluding carboxylic acids is 1. The van der Waals surface area contributed by atoms with Crippen molar-refractivity contribution in [2.45, 2.75) is 12.1 Å². The Labute approximate surface area is 205 Å². The molecule has 34 heavy (non-hydrogen) atoms. The second kappa shape index (κ2) is 10.2. The number of aryl methyl sites for hydroxylation is 1. The lowest BCUT2D eigenvalue weighted by Crippen LogP contribution is -2.23. The number of para-hydroxylation sites is 3. The number of fused-ring (bicyclic) bond motifs is 1. The standard InChI is InChI=1S/C25H22ClN3O4S/c1-15-12-19(22(33-3)13-17(15)26)27-23(30)14-34-25-28-18-9-5-4-8-16(18)24(31)29(25)20-10-6-7-11-21(20)32-2/h4-13H,14H2,1-3H3,(H,27,30). The Kier molecular flexibility index (Phi) is 7.09. The maximum atomic E-state index is 13.4. The predicted molar refractivity (Wildman–Crippen MR) is 136 cm³/mol. The highest BCUT2D eigenvalue weighted by Gasteiger charge is 2.18. The van der Waals surface area contributed by atoms with E-state index in [1.54, 1.807) is 49.6 Å². The predicted octanol–water partition coefficient (Wildman–Crippen LogP) is 5.10. The van der Waals surface area contributed by atoms with E-state index in [1.807, 2.05) is 25.1 Å². The molecule has 4 rings (SSSR count). The molecule has 174 valence electrons. The minimum atomic E-state index is -0.279.